The van der Waals surface area contributed by atoms with Gasteiger partial charge in [-0.05, 0) is 42.7 Å². The molecule has 0 radical (unpaired) electrons. The topological polar surface area (TPSA) is 63.2 Å². The van der Waals surface area contributed by atoms with Crippen molar-refractivity contribution in [2.45, 2.75) is 37.3 Å². The number of amides is 2. The monoisotopic (exact) mass is 447 g/mol. The van der Waals surface area contributed by atoms with Crippen molar-refractivity contribution in [3.63, 3.8) is 0 Å². The highest BCUT2D eigenvalue weighted by Crippen LogP contribution is 2.36. The molecule has 168 valence electrons. The number of aromatic nitrogens is 1. The molecule has 2 atom stereocenters. The van der Waals surface area contributed by atoms with Crippen LogP contribution < -0.4 is 10.6 Å². The Morgan fingerprint density at radius 1 is 1.06 bits per heavy atom. The molecule has 2 amide bonds. The number of hydrogen-bond acceptors (Lipinski definition) is 3. The van der Waals surface area contributed by atoms with E-state index in [1.807, 2.05) is 0 Å². The minimum Gasteiger partial charge on any atom is -0.379 e. The Kier molecular flexibility index (Phi) is 6.73. The first kappa shape index (κ1) is 22.9. The Balaban J connectivity index is 1.94. The maximum absolute atomic E-state index is 13.5. The number of benzene rings is 1. The lowest BCUT2D eigenvalue weighted by Crippen LogP contribution is -2.47. The van der Waals surface area contributed by atoms with E-state index >= 15 is 0 Å². The zero-order valence-electron chi connectivity index (χ0n) is 16.1. The van der Waals surface area contributed by atoms with E-state index < -0.39 is 41.2 Å². The molecule has 1 unspecified atom stereocenters. The van der Waals surface area contributed by atoms with Crippen LogP contribution in [0.5, 0.6) is 0 Å². The van der Waals surface area contributed by atoms with Crippen LogP contribution in [-0.4, -0.2) is 30.3 Å². The maximum Gasteiger partial charge on any atom is 0.418 e. The first-order valence-corrected chi connectivity index (χ1v) is 9.40. The average Bonchev–Trinajstić information content (AvgIpc) is 2.72. The number of carbonyl (C=O) groups excluding carboxylic acids is 1. The Bertz CT molecular complexity index is 893. The van der Waals surface area contributed by atoms with Crippen LogP contribution >= 0.6 is 0 Å². The second-order valence-electron chi connectivity index (χ2n) is 7.02. The number of rotatable bonds is 4. The molecule has 0 saturated carbocycles. The SMILES string of the molecule is O=C(NC(c1ccc(C(F)(F)F)cc1)c1ncccc1C(F)(F)F)N[C@H]1CCCOC1. The number of halogens is 6. The first-order valence-electron chi connectivity index (χ1n) is 9.40. The minimum atomic E-state index is -4.77. The first-order chi connectivity index (χ1) is 14.6. The van der Waals surface area contributed by atoms with E-state index in [0.29, 0.717) is 19.4 Å². The Labute approximate surface area is 173 Å². The molecule has 31 heavy (non-hydrogen) atoms. The van der Waals surface area contributed by atoms with Crippen LogP contribution in [0.4, 0.5) is 31.1 Å². The molecule has 1 aliphatic heterocycles. The van der Waals surface area contributed by atoms with Gasteiger partial charge in [0.2, 0.25) is 0 Å². The van der Waals surface area contributed by atoms with Gasteiger partial charge in [0.25, 0.3) is 0 Å². The lowest BCUT2D eigenvalue weighted by molar-refractivity contribution is -0.139. The summed E-state index contributed by atoms with van der Waals surface area (Å²) in [4.78, 5) is 16.3. The van der Waals surface area contributed by atoms with Crippen molar-refractivity contribution < 1.29 is 35.9 Å². The summed E-state index contributed by atoms with van der Waals surface area (Å²) in [6.45, 7) is 0.812. The molecule has 1 fully saturated rings. The van der Waals surface area contributed by atoms with Crippen LogP contribution in [0.2, 0.25) is 0 Å². The zero-order valence-corrected chi connectivity index (χ0v) is 16.1. The molecular formula is C20H19F6N3O2. The lowest BCUT2D eigenvalue weighted by atomic mass is 9.98. The highest BCUT2D eigenvalue weighted by atomic mass is 19.4. The van der Waals surface area contributed by atoms with Gasteiger partial charge in [-0.1, -0.05) is 12.1 Å². The standard InChI is InChI=1S/C20H19F6N3O2/c21-19(22,23)13-7-5-12(6-8-13)16(17-15(20(24,25)26)4-1-9-27-17)29-18(30)28-14-3-2-10-31-11-14/h1,4-9,14,16H,2-3,10-11H2,(H2,28,29,30)/t14-,16?/m0/s1. The summed E-state index contributed by atoms with van der Waals surface area (Å²) in [5.74, 6) is 0. The van der Waals surface area contributed by atoms with Crippen LogP contribution in [0.3, 0.4) is 0 Å². The third-order valence-electron chi connectivity index (χ3n) is 4.76. The van der Waals surface area contributed by atoms with E-state index in [4.69, 9.17) is 4.74 Å². The highest BCUT2D eigenvalue weighted by molar-refractivity contribution is 5.75. The van der Waals surface area contributed by atoms with E-state index in [0.717, 1.165) is 42.6 Å². The number of ether oxygens (including phenoxy) is 1. The Morgan fingerprint density at radius 3 is 2.35 bits per heavy atom. The fraction of sp³-hybridized carbons (Fsp3) is 0.400. The van der Waals surface area contributed by atoms with Gasteiger partial charge < -0.3 is 15.4 Å². The van der Waals surface area contributed by atoms with E-state index in [1.165, 1.54) is 0 Å². The van der Waals surface area contributed by atoms with E-state index in [9.17, 15) is 31.1 Å². The lowest BCUT2D eigenvalue weighted by Gasteiger charge is -2.26. The Morgan fingerprint density at radius 2 is 1.77 bits per heavy atom. The van der Waals surface area contributed by atoms with Crippen LogP contribution in [0.25, 0.3) is 0 Å². The van der Waals surface area contributed by atoms with Crippen molar-refractivity contribution in [1.82, 2.24) is 15.6 Å². The van der Waals surface area contributed by atoms with Crippen LogP contribution in [-0.2, 0) is 17.1 Å². The molecule has 1 aromatic heterocycles. The second kappa shape index (κ2) is 9.13. The molecule has 2 heterocycles. The largest absolute Gasteiger partial charge is 0.418 e. The molecule has 1 saturated heterocycles. The predicted molar refractivity (Wildman–Crippen MR) is 98.0 cm³/mol. The molecule has 0 aliphatic carbocycles. The van der Waals surface area contributed by atoms with Crippen LogP contribution in [0.15, 0.2) is 42.6 Å². The van der Waals surface area contributed by atoms with Gasteiger partial charge in [0.05, 0.1) is 35.5 Å². The molecule has 1 aliphatic rings. The van der Waals surface area contributed by atoms with Gasteiger partial charge in [-0.3, -0.25) is 4.98 Å². The summed E-state index contributed by atoms with van der Waals surface area (Å²) in [5, 5.41) is 5.04. The van der Waals surface area contributed by atoms with Crippen molar-refractivity contribution >= 4 is 6.03 Å². The normalized spacial score (nSPS) is 18.3. The number of nitrogens with zero attached hydrogens (tertiary/aromatic N) is 1. The van der Waals surface area contributed by atoms with Crippen molar-refractivity contribution in [3.8, 4) is 0 Å². The summed E-state index contributed by atoms with van der Waals surface area (Å²) in [6, 6.07) is 2.89. The summed E-state index contributed by atoms with van der Waals surface area (Å²) in [7, 11) is 0. The average molecular weight is 447 g/mol. The second-order valence-corrected chi connectivity index (χ2v) is 7.02. The van der Waals surface area contributed by atoms with E-state index in [1.54, 1.807) is 0 Å². The summed E-state index contributed by atoms with van der Waals surface area (Å²) in [6.07, 6.45) is -6.91. The van der Waals surface area contributed by atoms with Gasteiger partial charge in [0, 0.05) is 12.8 Å². The number of carbonyl (C=O) groups is 1. The van der Waals surface area contributed by atoms with Crippen LogP contribution in [0.1, 0.15) is 41.3 Å². The molecule has 2 N–H and O–H groups in total. The predicted octanol–water partition coefficient (Wildman–Crippen LogP) is 4.69. The minimum absolute atomic E-state index is 0.0206. The molecule has 5 nitrogen and oxygen atoms in total. The van der Waals surface area contributed by atoms with E-state index in [-0.39, 0.29) is 18.2 Å². The van der Waals surface area contributed by atoms with Crippen molar-refractivity contribution in [2.75, 3.05) is 13.2 Å². The molecule has 3 rings (SSSR count). The zero-order chi connectivity index (χ0) is 22.6. The number of alkyl halides is 6. The summed E-state index contributed by atoms with van der Waals surface area (Å²) >= 11 is 0. The molecule has 2 aromatic rings. The van der Waals surface area contributed by atoms with Crippen molar-refractivity contribution in [3.05, 3.63) is 65.0 Å². The quantitative estimate of drug-likeness (QED) is 0.669. The third kappa shape index (κ3) is 5.87. The maximum atomic E-state index is 13.5. The van der Waals surface area contributed by atoms with Gasteiger partial charge >= 0.3 is 18.4 Å². The summed E-state index contributed by atoms with van der Waals surface area (Å²) in [5.41, 5.74) is -2.56. The van der Waals surface area contributed by atoms with E-state index in [2.05, 4.69) is 15.6 Å². The van der Waals surface area contributed by atoms with Gasteiger partial charge in [-0.25, -0.2) is 4.79 Å². The summed E-state index contributed by atoms with van der Waals surface area (Å²) < 4.78 is 84.5. The number of pyridine rings is 1. The van der Waals surface area contributed by atoms with Gasteiger partial charge in [-0.15, -0.1) is 0 Å². The molecule has 0 bridgehead atoms. The molecule has 0 spiro atoms. The Hall–Kier alpha value is -2.82. The molecular weight excluding hydrogens is 428 g/mol. The fourth-order valence-electron chi connectivity index (χ4n) is 3.27. The highest BCUT2D eigenvalue weighted by Gasteiger charge is 2.37. The number of nitrogens with one attached hydrogen (secondary N) is 2. The van der Waals surface area contributed by atoms with Crippen molar-refractivity contribution in [2.24, 2.45) is 0 Å². The fourth-order valence-corrected chi connectivity index (χ4v) is 3.27. The van der Waals surface area contributed by atoms with Crippen LogP contribution in [0, 0.1) is 0 Å². The smallest absolute Gasteiger partial charge is 0.379 e. The number of hydrogen-bond donors (Lipinski definition) is 2. The molecule has 1 aromatic carbocycles. The van der Waals surface area contributed by atoms with Crippen molar-refractivity contribution in [1.29, 1.82) is 0 Å². The number of urea groups is 1. The van der Waals surface area contributed by atoms with Gasteiger partial charge in [0.15, 0.2) is 0 Å². The molecule has 11 heteroatoms. The van der Waals surface area contributed by atoms with Gasteiger partial charge in [0.1, 0.15) is 0 Å². The van der Waals surface area contributed by atoms with Gasteiger partial charge in [-0.2, -0.15) is 26.3 Å². The third-order valence-corrected chi connectivity index (χ3v) is 4.76.